The van der Waals surface area contributed by atoms with Crippen LogP contribution < -0.4 is 4.74 Å². The summed E-state index contributed by atoms with van der Waals surface area (Å²) in [6, 6.07) is 21.3. The third kappa shape index (κ3) is 5.34. The van der Waals surface area contributed by atoms with Crippen molar-refractivity contribution in [1.29, 1.82) is 0 Å². The predicted octanol–water partition coefficient (Wildman–Crippen LogP) is 5.94. The summed E-state index contributed by atoms with van der Waals surface area (Å²) < 4.78 is 11.7. The molecule has 0 aromatic heterocycles. The van der Waals surface area contributed by atoms with E-state index in [0.717, 1.165) is 11.1 Å². The van der Waals surface area contributed by atoms with E-state index in [1.807, 2.05) is 88.4 Å². The van der Waals surface area contributed by atoms with Crippen LogP contribution in [0.5, 0.6) is 11.5 Å². The zero-order valence-corrected chi connectivity index (χ0v) is 21.0. The number of nitrogens with zero attached hydrogens (tertiary/aromatic N) is 1. The summed E-state index contributed by atoms with van der Waals surface area (Å²) in [5.41, 5.74) is 3.27. The Balaban J connectivity index is 1.79. The van der Waals surface area contributed by atoms with Crippen LogP contribution in [0.3, 0.4) is 0 Å². The molecule has 1 saturated heterocycles. The molecule has 1 amide bonds. The number of aliphatic hydroxyl groups is 1. The highest BCUT2D eigenvalue weighted by Gasteiger charge is 2.46. The predicted molar refractivity (Wildman–Crippen MR) is 139 cm³/mol. The van der Waals surface area contributed by atoms with Crippen molar-refractivity contribution in [1.82, 2.24) is 4.90 Å². The number of ketones is 1. The quantitative estimate of drug-likeness (QED) is 0.243. The fourth-order valence-electron chi connectivity index (χ4n) is 4.26. The molecule has 1 N–H and O–H groups in total. The number of ether oxygens (including phenoxy) is 2. The smallest absolute Gasteiger partial charge is 0.295 e. The highest BCUT2D eigenvalue weighted by atomic mass is 16.5. The third-order valence-corrected chi connectivity index (χ3v) is 6.26. The van der Waals surface area contributed by atoms with Gasteiger partial charge in [0.1, 0.15) is 17.3 Å². The maximum Gasteiger partial charge on any atom is 0.295 e. The molecule has 1 aliphatic rings. The van der Waals surface area contributed by atoms with Crippen molar-refractivity contribution in [2.24, 2.45) is 0 Å². The molecule has 3 aromatic rings. The molecule has 1 unspecified atom stereocenters. The highest BCUT2D eigenvalue weighted by molar-refractivity contribution is 6.46. The van der Waals surface area contributed by atoms with Gasteiger partial charge >= 0.3 is 0 Å². The van der Waals surface area contributed by atoms with Crippen molar-refractivity contribution in [2.75, 3.05) is 13.2 Å². The zero-order valence-electron chi connectivity index (χ0n) is 21.0. The van der Waals surface area contributed by atoms with Crippen molar-refractivity contribution >= 4 is 17.4 Å². The number of para-hydroxylation sites is 1. The molecule has 186 valence electrons. The van der Waals surface area contributed by atoms with Crippen molar-refractivity contribution in [3.05, 3.63) is 101 Å². The Bertz CT molecular complexity index is 1300. The van der Waals surface area contributed by atoms with Crippen LogP contribution in [0.4, 0.5) is 0 Å². The normalized spacial score (nSPS) is 17.1. The third-order valence-electron chi connectivity index (χ3n) is 6.26. The number of Topliss-reactive ketones (excluding diaryl/α,β-unsaturated/α-hetero) is 1. The van der Waals surface area contributed by atoms with Crippen LogP contribution in [0.1, 0.15) is 42.1 Å². The molecular weight excluding hydrogens is 454 g/mol. The average molecular weight is 486 g/mol. The first kappa shape index (κ1) is 25.2. The lowest BCUT2D eigenvalue weighted by Crippen LogP contribution is -2.33. The second-order valence-electron chi connectivity index (χ2n) is 9.20. The van der Waals surface area contributed by atoms with Crippen LogP contribution in [0.15, 0.2) is 78.4 Å². The molecule has 1 fully saturated rings. The number of amides is 1. The Morgan fingerprint density at radius 1 is 0.917 bits per heavy atom. The number of aryl methyl sites for hydroxylation is 2. The van der Waals surface area contributed by atoms with Gasteiger partial charge < -0.3 is 19.5 Å². The molecule has 6 nitrogen and oxygen atoms in total. The fourth-order valence-corrected chi connectivity index (χ4v) is 4.26. The van der Waals surface area contributed by atoms with Crippen molar-refractivity contribution < 1.29 is 24.2 Å². The zero-order chi connectivity index (χ0) is 25.8. The molecule has 0 aliphatic carbocycles. The molecule has 4 rings (SSSR count). The van der Waals surface area contributed by atoms with Crippen molar-refractivity contribution in [3.8, 4) is 11.5 Å². The first-order valence-electron chi connectivity index (χ1n) is 12.1. The molecule has 3 aromatic carbocycles. The van der Waals surface area contributed by atoms with Gasteiger partial charge in [0.25, 0.3) is 11.7 Å². The lowest BCUT2D eigenvalue weighted by Gasteiger charge is -2.26. The van der Waals surface area contributed by atoms with Gasteiger partial charge in [0.05, 0.1) is 24.3 Å². The van der Waals surface area contributed by atoms with E-state index in [0.29, 0.717) is 22.6 Å². The summed E-state index contributed by atoms with van der Waals surface area (Å²) in [4.78, 5) is 27.9. The number of rotatable bonds is 8. The van der Waals surface area contributed by atoms with Gasteiger partial charge in [0.15, 0.2) is 0 Å². The number of carbonyl (C=O) groups excluding carboxylic acids is 2. The van der Waals surface area contributed by atoms with Crippen LogP contribution in [-0.4, -0.2) is 41.0 Å². The van der Waals surface area contributed by atoms with E-state index in [4.69, 9.17) is 9.47 Å². The summed E-state index contributed by atoms with van der Waals surface area (Å²) in [7, 11) is 0. The van der Waals surface area contributed by atoms with E-state index >= 15 is 0 Å². The summed E-state index contributed by atoms with van der Waals surface area (Å²) in [6.45, 7) is 8.22. The van der Waals surface area contributed by atoms with Crippen LogP contribution in [-0.2, 0) is 14.3 Å². The standard InChI is InChI=1S/C30H31NO5/c1-19(2)35-16-15-31-27(22-9-8-12-25(18-22)36-24-10-6-5-7-11-24)26(29(33)30(31)34)28(32)23-14-13-20(3)21(4)17-23/h5-14,17-19,27,32H,15-16H2,1-4H3/b28-26-. The number of hydrogen-bond donors (Lipinski definition) is 1. The number of carbonyl (C=O) groups is 2. The largest absolute Gasteiger partial charge is 0.507 e. The van der Waals surface area contributed by atoms with Gasteiger partial charge in [-0.15, -0.1) is 0 Å². The monoisotopic (exact) mass is 485 g/mol. The second-order valence-corrected chi connectivity index (χ2v) is 9.20. The lowest BCUT2D eigenvalue weighted by atomic mass is 9.94. The fraction of sp³-hybridized carbons (Fsp3) is 0.267. The molecule has 1 atom stereocenters. The minimum Gasteiger partial charge on any atom is -0.507 e. The SMILES string of the molecule is Cc1ccc(/C(O)=C2/C(=O)C(=O)N(CCOC(C)C)C2c2cccc(Oc3ccccc3)c2)cc1C. The minimum atomic E-state index is -0.776. The Labute approximate surface area is 211 Å². The molecule has 0 saturated carbocycles. The van der Waals surface area contributed by atoms with E-state index in [2.05, 4.69) is 0 Å². The summed E-state index contributed by atoms with van der Waals surface area (Å²) in [5, 5.41) is 11.3. The van der Waals surface area contributed by atoms with Crippen molar-refractivity contribution in [3.63, 3.8) is 0 Å². The first-order chi connectivity index (χ1) is 17.3. The minimum absolute atomic E-state index is 0.0154. The molecule has 0 spiro atoms. The number of likely N-dealkylation sites (tertiary alicyclic amines) is 1. The van der Waals surface area contributed by atoms with E-state index in [-0.39, 0.29) is 30.6 Å². The topological polar surface area (TPSA) is 76.1 Å². The number of hydrogen-bond acceptors (Lipinski definition) is 5. The van der Waals surface area contributed by atoms with Crippen LogP contribution in [0.2, 0.25) is 0 Å². The maximum atomic E-state index is 13.3. The van der Waals surface area contributed by atoms with Crippen molar-refractivity contribution in [2.45, 2.75) is 39.8 Å². The van der Waals surface area contributed by atoms with Gasteiger partial charge in [-0.3, -0.25) is 9.59 Å². The van der Waals surface area contributed by atoms with Gasteiger partial charge in [-0.25, -0.2) is 0 Å². The Hall–Kier alpha value is -3.90. The van der Waals surface area contributed by atoms with Crippen LogP contribution in [0, 0.1) is 13.8 Å². The summed E-state index contributed by atoms with van der Waals surface area (Å²) in [6.07, 6.45) is -0.0154. The maximum absolute atomic E-state index is 13.3. The molecule has 1 aliphatic heterocycles. The average Bonchev–Trinajstić information content (AvgIpc) is 3.11. The second kappa shape index (κ2) is 10.8. The van der Waals surface area contributed by atoms with Gasteiger partial charge in [-0.1, -0.05) is 42.5 Å². The summed E-state index contributed by atoms with van der Waals surface area (Å²) in [5.74, 6) is -0.331. The Morgan fingerprint density at radius 3 is 2.33 bits per heavy atom. The molecule has 6 heteroatoms. The molecule has 1 heterocycles. The number of benzene rings is 3. The molecule has 0 radical (unpaired) electrons. The molecule has 36 heavy (non-hydrogen) atoms. The first-order valence-corrected chi connectivity index (χ1v) is 12.1. The Morgan fingerprint density at radius 2 is 1.64 bits per heavy atom. The van der Waals surface area contributed by atoms with Gasteiger partial charge in [-0.2, -0.15) is 0 Å². The van der Waals surface area contributed by atoms with Gasteiger partial charge in [0.2, 0.25) is 0 Å². The lowest BCUT2D eigenvalue weighted by molar-refractivity contribution is -0.140. The van der Waals surface area contributed by atoms with Gasteiger partial charge in [0, 0.05) is 12.1 Å². The molecule has 0 bridgehead atoms. The Kier molecular flexibility index (Phi) is 7.55. The number of aliphatic hydroxyl groups excluding tert-OH is 1. The van der Waals surface area contributed by atoms with E-state index in [9.17, 15) is 14.7 Å². The van der Waals surface area contributed by atoms with Gasteiger partial charge in [-0.05, 0) is 74.7 Å². The van der Waals surface area contributed by atoms with E-state index in [1.54, 1.807) is 12.1 Å². The van der Waals surface area contributed by atoms with Crippen LogP contribution >= 0.6 is 0 Å². The van der Waals surface area contributed by atoms with Crippen LogP contribution in [0.25, 0.3) is 5.76 Å². The molecular formula is C30H31NO5. The summed E-state index contributed by atoms with van der Waals surface area (Å²) >= 11 is 0. The van der Waals surface area contributed by atoms with E-state index < -0.39 is 17.7 Å². The highest BCUT2D eigenvalue weighted by Crippen LogP contribution is 2.40. The van der Waals surface area contributed by atoms with E-state index in [1.165, 1.54) is 4.90 Å².